The van der Waals surface area contributed by atoms with E-state index in [0.717, 1.165) is 11.1 Å². The third-order valence-corrected chi connectivity index (χ3v) is 3.94. The Morgan fingerprint density at radius 2 is 1.89 bits per heavy atom. The molecular weight excluding hydrogens is 344 g/mol. The van der Waals surface area contributed by atoms with Crippen LogP contribution in [0.2, 0.25) is 0 Å². The van der Waals surface area contributed by atoms with Crippen LogP contribution in [0.15, 0.2) is 70.2 Å². The maximum atomic E-state index is 12.1. The van der Waals surface area contributed by atoms with E-state index in [-0.39, 0.29) is 5.91 Å². The van der Waals surface area contributed by atoms with E-state index in [4.69, 9.17) is 9.15 Å². The van der Waals surface area contributed by atoms with Crippen molar-refractivity contribution in [3.63, 3.8) is 0 Å². The van der Waals surface area contributed by atoms with Gasteiger partial charge in [0.25, 0.3) is 5.91 Å². The highest BCUT2D eigenvalue weighted by Gasteiger charge is 2.10. The monoisotopic (exact) mass is 362 g/mol. The van der Waals surface area contributed by atoms with E-state index in [1.807, 2.05) is 25.1 Å². The molecule has 1 aromatic heterocycles. The van der Waals surface area contributed by atoms with Crippen LogP contribution in [0.1, 0.15) is 32.0 Å². The van der Waals surface area contributed by atoms with Gasteiger partial charge in [-0.15, -0.1) is 0 Å². The van der Waals surface area contributed by atoms with Gasteiger partial charge >= 0.3 is 5.97 Å². The Labute approximate surface area is 156 Å². The fraction of sp³-hybridized carbons (Fsp3) is 0.0952. The molecule has 0 aliphatic heterocycles. The van der Waals surface area contributed by atoms with Crippen molar-refractivity contribution in [2.24, 2.45) is 5.10 Å². The molecule has 0 spiro atoms. The number of carbonyl (C=O) groups is 2. The fourth-order valence-electron chi connectivity index (χ4n) is 2.54. The summed E-state index contributed by atoms with van der Waals surface area (Å²) in [6.07, 6.45) is 1.42. The number of furan rings is 1. The smallest absolute Gasteiger partial charge is 0.337 e. The van der Waals surface area contributed by atoms with Gasteiger partial charge in [0.15, 0.2) is 0 Å². The number of nitrogens with zero attached hydrogens (tertiary/aromatic N) is 1. The standard InChI is InChI=1S/C21H18N2O4/c1-14-6-3-4-9-18(14)20(24)23-22-13-17-10-11-19(27-17)15-7-5-8-16(12-15)21(25)26-2/h3-13H,1-2H3,(H,23,24)/b22-13+. The highest BCUT2D eigenvalue weighted by molar-refractivity contribution is 5.96. The van der Waals surface area contributed by atoms with Gasteiger partial charge < -0.3 is 9.15 Å². The zero-order valence-electron chi connectivity index (χ0n) is 14.9. The van der Waals surface area contributed by atoms with Crippen LogP contribution < -0.4 is 5.43 Å². The first-order chi connectivity index (χ1) is 13.1. The molecule has 0 saturated carbocycles. The minimum absolute atomic E-state index is 0.290. The Morgan fingerprint density at radius 3 is 2.67 bits per heavy atom. The van der Waals surface area contributed by atoms with Crippen LogP contribution in [0, 0.1) is 6.92 Å². The lowest BCUT2D eigenvalue weighted by atomic mass is 10.1. The Hall–Kier alpha value is -3.67. The molecule has 0 saturated heterocycles. The molecule has 136 valence electrons. The van der Waals surface area contributed by atoms with Crippen molar-refractivity contribution in [3.8, 4) is 11.3 Å². The Morgan fingerprint density at radius 1 is 1.07 bits per heavy atom. The first-order valence-corrected chi connectivity index (χ1v) is 8.26. The summed E-state index contributed by atoms with van der Waals surface area (Å²) in [4.78, 5) is 23.7. The highest BCUT2D eigenvalue weighted by atomic mass is 16.5. The minimum atomic E-state index is -0.413. The largest absolute Gasteiger partial charge is 0.465 e. The summed E-state index contributed by atoms with van der Waals surface area (Å²) < 4.78 is 10.4. The predicted molar refractivity (Wildman–Crippen MR) is 102 cm³/mol. The summed E-state index contributed by atoms with van der Waals surface area (Å²) in [5.41, 5.74) is 5.09. The molecule has 27 heavy (non-hydrogen) atoms. The molecule has 0 fully saturated rings. The van der Waals surface area contributed by atoms with Crippen molar-refractivity contribution in [1.29, 1.82) is 0 Å². The first-order valence-electron chi connectivity index (χ1n) is 8.26. The average molecular weight is 362 g/mol. The van der Waals surface area contributed by atoms with E-state index in [1.165, 1.54) is 13.3 Å². The van der Waals surface area contributed by atoms with Gasteiger partial charge in [0.2, 0.25) is 0 Å². The van der Waals surface area contributed by atoms with Crippen LogP contribution in [-0.2, 0) is 4.74 Å². The van der Waals surface area contributed by atoms with Crippen molar-refractivity contribution < 1.29 is 18.7 Å². The van der Waals surface area contributed by atoms with E-state index in [2.05, 4.69) is 10.5 Å². The highest BCUT2D eigenvalue weighted by Crippen LogP contribution is 2.23. The van der Waals surface area contributed by atoms with Crippen LogP contribution in [0.4, 0.5) is 0 Å². The van der Waals surface area contributed by atoms with Crippen LogP contribution in [0.25, 0.3) is 11.3 Å². The number of hydrazone groups is 1. The second-order valence-corrected chi connectivity index (χ2v) is 5.79. The number of ether oxygens (including phenoxy) is 1. The van der Waals surface area contributed by atoms with Gasteiger partial charge in [0.05, 0.1) is 18.9 Å². The SMILES string of the molecule is COC(=O)c1cccc(-c2ccc(/C=N/NC(=O)c3ccccc3C)o2)c1. The van der Waals surface area contributed by atoms with Crippen molar-refractivity contribution in [2.45, 2.75) is 6.92 Å². The Kier molecular flexibility index (Phi) is 5.47. The summed E-state index contributed by atoms with van der Waals surface area (Å²) in [6, 6.07) is 17.7. The molecule has 1 amide bonds. The molecular formula is C21H18N2O4. The van der Waals surface area contributed by atoms with Gasteiger partial charge in [-0.3, -0.25) is 4.79 Å². The molecule has 0 aliphatic carbocycles. The summed E-state index contributed by atoms with van der Waals surface area (Å²) in [6.45, 7) is 1.86. The zero-order valence-corrected chi connectivity index (χ0v) is 14.9. The normalized spacial score (nSPS) is 10.7. The van der Waals surface area contributed by atoms with Crippen LogP contribution in [0.3, 0.4) is 0 Å². The number of methoxy groups -OCH3 is 1. The maximum absolute atomic E-state index is 12.1. The molecule has 0 unspecified atom stereocenters. The minimum Gasteiger partial charge on any atom is -0.465 e. The van der Waals surface area contributed by atoms with Crippen LogP contribution >= 0.6 is 0 Å². The zero-order chi connectivity index (χ0) is 19.2. The number of esters is 1. The second-order valence-electron chi connectivity index (χ2n) is 5.79. The Bertz CT molecular complexity index is 1000. The lowest BCUT2D eigenvalue weighted by Crippen LogP contribution is -2.18. The number of hydrogen-bond donors (Lipinski definition) is 1. The number of rotatable bonds is 5. The van der Waals surface area contributed by atoms with E-state index in [1.54, 1.807) is 42.5 Å². The van der Waals surface area contributed by atoms with Gasteiger partial charge in [-0.2, -0.15) is 5.10 Å². The predicted octanol–water partition coefficient (Wildman–Crippen LogP) is 3.81. The molecule has 3 rings (SSSR count). The average Bonchev–Trinajstić information content (AvgIpc) is 3.16. The van der Waals surface area contributed by atoms with Gasteiger partial charge in [-0.1, -0.05) is 30.3 Å². The summed E-state index contributed by atoms with van der Waals surface area (Å²) in [5, 5.41) is 3.93. The molecule has 2 aromatic carbocycles. The van der Waals surface area contributed by atoms with E-state index < -0.39 is 5.97 Å². The number of benzene rings is 2. The molecule has 0 aliphatic rings. The summed E-state index contributed by atoms with van der Waals surface area (Å²) >= 11 is 0. The number of hydrogen-bond acceptors (Lipinski definition) is 5. The van der Waals surface area contributed by atoms with E-state index in [0.29, 0.717) is 22.6 Å². The molecule has 6 heteroatoms. The van der Waals surface area contributed by atoms with Gasteiger partial charge in [-0.25, -0.2) is 10.2 Å². The van der Waals surface area contributed by atoms with Gasteiger partial charge in [0, 0.05) is 11.1 Å². The first kappa shape index (κ1) is 18.1. The van der Waals surface area contributed by atoms with Crippen molar-refractivity contribution in [1.82, 2.24) is 5.43 Å². The second kappa shape index (κ2) is 8.14. The molecule has 0 atom stereocenters. The molecule has 6 nitrogen and oxygen atoms in total. The molecule has 0 radical (unpaired) electrons. The molecule has 1 N–H and O–H groups in total. The number of carbonyl (C=O) groups excluding carboxylic acids is 2. The maximum Gasteiger partial charge on any atom is 0.337 e. The molecule has 1 heterocycles. The number of nitrogens with one attached hydrogen (secondary N) is 1. The quantitative estimate of drug-likeness (QED) is 0.425. The lowest BCUT2D eigenvalue weighted by molar-refractivity contribution is 0.0600. The number of aryl methyl sites for hydroxylation is 1. The van der Waals surface area contributed by atoms with E-state index in [9.17, 15) is 9.59 Å². The van der Waals surface area contributed by atoms with E-state index >= 15 is 0 Å². The third kappa shape index (κ3) is 4.30. The third-order valence-electron chi connectivity index (χ3n) is 3.94. The molecule has 0 bridgehead atoms. The fourth-order valence-corrected chi connectivity index (χ4v) is 2.54. The van der Waals surface area contributed by atoms with Crippen molar-refractivity contribution in [3.05, 3.63) is 83.1 Å². The summed E-state index contributed by atoms with van der Waals surface area (Å²) in [7, 11) is 1.34. The summed E-state index contributed by atoms with van der Waals surface area (Å²) in [5.74, 6) is 0.344. The van der Waals surface area contributed by atoms with Crippen molar-refractivity contribution in [2.75, 3.05) is 7.11 Å². The van der Waals surface area contributed by atoms with Crippen molar-refractivity contribution >= 4 is 18.1 Å². The Balaban J connectivity index is 1.69. The van der Waals surface area contributed by atoms with Gasteiger partial charge in [-0.05, 0) is 42.8 Å². The lowest BCUT2D eigenvalue weighted by Gasteiger charge is -2.02. The van der Waals surface area contributed by atoms with Gasteiger partial charge in [0.1, 0.15) is 11.5 Å². The number of amides is 1. The van der Waals surface area contributed by atoms with Crippen LogP contribution in [-0.4, -0.2) is 25.2 Å². The topological polar surface area (TPSA) is 80.9 Å². The van der Waals surface area contributed by atoms with Crippen LogP contribution in [0.5, 0.6) is 0 Å². The molecule has 3 aromatic rings.